The van der Waals surface area contributed by atoms with Crippen molar-refractivity contribution in [3.8, 4) is 0 Å². The first-order chi connectivity index (χ1) is 16.4. The zero-order valence-corrected chi connectivity index (χ0v) is 21.4. The smallest absolute Gasteiger partial charge is 0.240 e. The second-order valence-corrected chi connectivity index (χ2v) is 10.4. The quantitative estimate of drug-likeness (QED) is 0.233. The molecule has 4 N–H and O–H groups in total. The number of halogens is 1. The standard InChI is InChI=1S/C24H30BrN5O3S/c1-2-19(17-31)28-23-22(25)16-26-24(30-23)29-20-12-8-13-21(15-20)34(32,33)27-14-7-6-11-18-9-4-3-5-10-18/h3-5,8-10,12-13,15-16,19,27,31H,2,6-7,11,14,17H2,1H3,(H2,26,28,29,30)/t19-/m1/s1. The van der Waals surface area contributed by atoms with Gasteiger partial charge in [0.1, 0.15) is 5.82 Å². The second kappa shape index (κ2) is 12.8. The molecule has 0 bridgehead atoms. The van der Waals surface area contributed by atoms with Crippen LogP contribution in [0.3, 0.4) is 0 Å². The molecule has 2 aromatic carbocycles. The van der Waals surface area contributed by atoms with E-state index in [2.05, 4.69) is 53.4 Å². The Bertz CT molecular complexity index is 1160. The summed E-state index contributed by atoms with van der Waals surface area (Å²) in [7, 11) is -3.64. The Balaban J connectivity index is 1.59. The van der Waals surface area contributed by atoms with Gasteiger partial charge in [-0.15, -0.1) is 0 Å². The molecular formula is C24H30BrN5O3S. The minimum Gasteiger partial charge on any atom is -0.394 e. The number of rotatable bonds is 13. The summed E-state index contributed by atoms with van der Waals surface area (Å²) in [6, 6.07) is 16.5. The van der Waals surface area contributed by atoms with Gasteiger partial charge in [-0.1, -0.05) is 43.3 Å². The van der Waals surface area contributed by atoms with Crippen LogP contribution in [-0.4, -0.2) is 42.7 Å². The number of aryl methyl sites for hydroxylation is 1. The first-order valence-corrected chi connectivity index (χ1v) is 13.5. The molecule has 1 aromatic heterocycles. The van der Waals surface area contributed by atoms with E-state index in [-0.39, 0.29) is 17.5 Å². The summed E-state index contributed by atoms with van der Waals surface area (Å²) < 4.78 is 28.8. The maximum atomic E-state index is 12.7. The van der Waals surface area contributed by atoms with Crippen LogP contribution < -0.4 is 15.4 Å². The highest BCUT2D eigenvalue weighted by atomic mass is 79.9. The minimum atomic E-state index is -3.64. The number of nitrogens with one attached hydrogen (secondary N) is 3. The van der Waals surface area contributed by atoms with E-state index in [1.165, 1.54) is 5.56 Å². The lowest BCUT2D eigenvalue weighted by Crippen LogP contribution is -2.25. The van der Waals surface area contributed by atoms with Crippen LogP contribution in [0.15, 0.2) is 70.2 Å². The number of aliphatic hydroxyl groups is 1. The van der Waals surface area contributed by atoms with E-state index >= 15 is 0 Å². The van der Waals surface area contributed by atoms with Gasteiger partial charge in [-0.25, -0.2) is 18.1 Å². The molecule has 0 saturated heterocycles. The summed E-state index contributed by atoms with van der Waals surface area (Å²) in [4.78, 5) is 8.85. The lowest BCUT2D eigenvalue weighted by atomic mass is 10.1. The van der Waals surface area contributed by atoms with Crippen molar-refractivity contribution < 1.29 is 13.5 Å². The van der Waals surface area contributed by atoms with E-state index in [0.717, 1.165) is 25.7 Å². The number of sulfonamides is 1. The highest BCUT2D eigenvalue weighted by molar-refractivity contribution is 9.10. The highest BCUT2D eigenvalue weighted by Gasteiger charge is 2.15. The van der Waals surface area contributed by atoms with E-state index in [1.54, 1.807) is 30.5 Å². The number of hydrogen-bond acceptors (Lipinski definition) is 7. The van der Waals surface area contributed by atoms with Crippen LogP contribution in [0.25, 0.3) is 0 Å². The highest BCUT2D eigenvalue weighted by Crippen LogP contribution is 2.24. The van der Waals surface area contributed by atoms with Gasteiger partial charge in [-0.2, -0.15) is 4.98 Å². The van der Waals surface area contributed by atoms with Crippen molar-refractivity contribution in [3.63, 3.8) is 0 Å². The van der Waals surface area contributed by atoms with E-state index < -0.39 is 10.0 Å². The maximum absolute atomic E-state index is 12.7. The van der Waals surface area contributed by atoms with Gasteiger partial charge in [0, 0.05) is 18.4 Å². The predicted molar refractivity (Wildman–Crippen MR) is 139 cm³/mol. The summed E-state index contributed by atoms with van der Waals surface area (Å²) in [5.74, 6) is 0.848. The van der Waals surface area contributed by atoms with Gasteiger partial charge >= 0.3 is 0 Å². The molecule has 0 fully saturated rings. The molecule has 0 aliphatic rings. The van der Waals surface area contributed by atoms with Crippen molar-refractivity contribution in [1.29, 1.82) is 0 Å². The Labute approximate surface area is 209 Å². The van der Waals surface area contributed by atoms with E-state index in [1.807, 2.05) is 25.1 Å². The van der Waals surface area contributed by atoms with Gasteiger partial charge in [0.25, 0.3) is 0 Å². The molecule has 0 spiro atoms. The Morgan fingerprint density at radius 2 is 1.88 bits per heavy atom. The van der Waals surface area contributed by atoms with Crippen LogP contribution in [0.2, 0.25) is 0 Å². The van der Waals surface area contributed by atoms with Crippen molar-refractivity contribution in [2.45, 2.75) is 43.5 Å². The molecule has 0 unspecified atom stereocenters. The van der Waals surface area contributed by atoms with E-state index in [4.69, 9.17) is 0 Å². The van der Waals surface area contributed by atoms with Crippen LogP contribution in [0.5, 0.6) is 0 Å². The largest absolute Gasteiger partial charge is 0.394 e. The summed E-state index contributed by atoms with van der Waals surface area (Å²) in [6.07, 6.45) is 4.90. The number of nitrogens with zero attached hydrogens (tertiary/aromatic N) is 2. The Hall–Kier alpha value is -2.53. The van der Waals surface area contributed by atoms with Gasteiger partial charge in [-0.3, -0.25) is 0 Å². The average molecular weight is 549 g/mol. The monoisotopic (exact) mass is 547 g/mol. The van der Waals surface area contributed by atoms with Crippen molar-refractivity contribution in [2.24, 2.45) is 0 Å². The Kier molecular flexibility index (Phi) is 9.82. The Morgan fingerprint density at radius 3 is 2.62 bits per heavy atom. The molecule has 182 valence electrons. The van der Waals surface area contributed by atoms with Gasteiger partial charge in [0.2, 0.25) is 16.0 Å². The molecule has 1 heterocycles. The number of unbranched alkanes of at least 4 members (excludes halogenated alkanes) is 1. The summed E-state index contributed by atoms with van der Waals surface area (Å²) in [5.41, 5.74) is 1.80. The summed E-state index contributed by atoms with van der Waals surface area (Å²) in [5, 5.41) is 15.6. The maximum Gasteiger partial charge on any atom is 0.240 e. The first kappa shape index (κ1) is 26.1. The third kappa shape index (κ3) is 7.76. The fourth-order valence-corrected chi connectivity index (χ4v) is 4.68. The molecule has 0 saturated carbocycles. The molecule has 0 radical (unpaired) electrons. The number of aromatic nitrogens is 2. The number of hydrogen-bond donors (Lipinski definition) is 4. The average Bonchev–Trinajstić information content (AvgIpc) is 2.85. The first-order valence-electron chi connectivity index (χ1n) is 11.2. The van der Waals surface area contributed by atoms with Crippen molar-refractivity contribution in [1.82, 2.24) is 14.7 Å². The third-order valence-electron chi connectivity index (χ3n) is 5.23. The van der Waals surface area contributed by atoms with Gasteiger partial charge in [0.15, 0.2) is 0 Å². The topological polar surface area (TPSA) is 116 Å². The minimum absolute atomic E-state index is 0.0190. The summed E-state index contributed by atoms with van der Waals surface area (Å²) in [6.45, 7) is 2.32. The van der Waals surface area contributed by atoms with Crippen molar-refractivity contribution in [3.05, 3.63) is 70.8 Å². The van der Waals surface area contributed by atoms with Gasteiger partial charge in [0.05, 0.1) is 22.0 Å². The normalized spacial score (nSPS) is 12.3. The van der Waals surface area contributed by atoms with Crippen LogP contribution in [0, 0.1) is 0 Å². The second-order valence-electron chi connectivity index (χ2n) is 7.82. The number of aliphatic hydroxyl groups excluding tert-OH is 1. The summed E-state index contributed by atoms with van der Waals surface area (Å²) >= 11 is 3.40. The van der Waals surface area contributed by atoms with Crippen LogP contribution >= 0.6 is 15.9 Å². The predicted octanol–water partition coefficient (Wildman–Crippen LogP) is 4.47. The lowest BCUT2D eigenvalue weighted by Gasteiger charge is -2.16. The van der Waals surface area contributed by atoms with Gasteiger partial charge < -0.3 is 15.7 Å². The molecule has 8 nitrogen and oxygen atoms in total. The van der Waals surface area contributed by atoms with E-state index in [9.17, 15) is 13.5 Å². The molecule has 0 amide bonds. The van der Waals surface area contributed by atoms with Crippen molar-refractivity contribution in [2.75, 3.05) is 23.8 Å². The molecule has 1 atom stereocenters. The van der Waals surface area contributed by atoms with E-state index in [0.29, 0.717) is 28.5 Å². The van der Waals surface area contributed by atoms with Crippen LogP contribution in [-0.2, 0) is 16.4 Å². The molecule has 0 aliphatic carbocycles. The number of benzene rings is 2. The molecule has 10 heteroatoms. The third-order valence-corrected chi connectivity index (χ3v) is 7.26. The molecule has 34 heavy (non-hydrogen) atoms. The molecular weight excluding hydrogens is 518 g/mol. The fourth-order valence-electron chi connectivity index (χ4n) is 3.26. The lowest BCUT2D eigenvalue weighted by molar-refractivity contribution is 0.271. The Morgan fingerprint density at radius 1 is 1.09 bits per heavy atom. The number of anilines is 3. The fraction of sp³-hybridized carbons (Fsp3) is 0.333. The SMILES string of the molecule is CC[C@H](CO)Nc1nc(Nc2cccc(S(=O)(=O)NCCCCc3ccccc3)c2)ncc1Br. The molecule has 3 rings (SSSR count). The van der Waals surface area contributed by atoms with Crippen LogP contribution in [0.1, 0.15) is 31.7 Å². The zero-order chi connectivity index (χ0) is 24.4. The van der Waals surface area contributed by atoms with Gasteiger partial charge in [-0.05, 0) is 65.4 Å². The van der Waals surface area contributed by atoms with Crippen LogP contribution in [0.4, 0.5) is 17.5 Å². The zero-order valence-electron chi connectivity index (χ0n) is 19.0. The molecule has 3 aromatic rings. The molecule has 0 aliphatic heterocycles. The van der Waals surface area contributed by atoms with Crippen molar-refractivity contribution >= 4 is 43.4 Å².